The van der Waals surface area contributed by atoms with Gasteiger partial charge in [0.05, 0.1) is 11.0 Å². The lowest BCUT2D eigenvalue weighted by atomic mass is 9.96. The van der Waals surface area contributed by atoms with E-state index in [9.17, 15) is 0 Å². The molecule has 0 amide bonds. The molecule has 0 radical (unpaired) electrons. The highest BCUT2D eigenvalue weighted by Gasteiger charge is 2.37. The van der Waals surface area contributed by atoms with Crippen molar-refractivity contribution in [3.05, 3.63) is 23.2 Å². The second kappa shape index (κ2) is 4.93. The van der Waals surface area contributed by atoms with Crippen molar-refractivity contribution in [3.8, 4) is 0 Å². The average Bonchev–Trinajstić information content (AvgIpc) is 2.96. The van der Waals surface area contributed by atoms with Gasteiger partial charge in [0.15, 0.2) is 0 Å². The molecule has 0 spiro atoms. The molecular weight excluding hydrogens is 272 g/mol. The van der Waals surface area contributed by atoms with Gasteiger partial charge in [-0.3, -0.25) is 0 Å². The van der Waals surface area contributed by atoms with Crippen molar-refractivity contribution in [2.24, 2.45) is 0 Å². The molecule has 0 unspecified atom stereocenters. The zero-order valence-electron chi connectivity index (χ0n) is 12.1. The molecule has 0 atom stereocenters. The molecule has 2 N–H and O–H groups in total. The van der Waals surface area contributed by atoms with E-state index in [4.69, 9.17) is 17.3 Å². The van der Waals surface area contributed by atoms with Crippen LogP contribution in [-0.4, -0.2) is 34.1 Å². The highest BCUT2D eigenvalue weighted by atomic mass is 35.5. The fourth-order valence-electron chi connectivity index (χ4n) is 3.36. The van der Waals surface area contributed by atoms with E-state index in [-0.39, 0.29) is 5.54 Å². The lowest BCUT2D eigenvalue weighted by Gasteiger charge is -2.37. The van der Waals surface area contributed by atoms with Gasteiger partial charge in [-0.1, -0.05) is 24.4 Å². The molecule has 3 rings (SSSR count). The van der Waals surface area contributed by atoms with Crippen molar-refractivity contribution in [2.45, 2.75) is 37.8 Å². The number of benzene rings is 1. The zero-order chi connectivity index (χ0) is 14.3. The third kappa shape index (κ3) is 2.17. The molecule has 0 saturated heterocycles. The normalized spacial score (nSPS) is 18.2. The Morgan fingerprint density at radius 1 is 1.35 bits per heavy atom. The number of hydrogen-bond donors (Lipinski definition) is 1. The van der Waals surface area contributed by atoms with Crippen LogP contribution in [0, 0.1) is 0 Å². The molecule has 1 aromatic heterocycles. The number of nitrogens with zero attached hydrogens (tertiary/aromatic N) is 3. The Kier molecular flexibility index (Phi) is 3.38. The number of likely N-dealkylation sites (N-methyl/N-ethyl adjacent to an activating group) is 1. The minimum Gasteiger partial charge on any atom is -0.369 e. The van der Waals surface area contributed by atoms with Crippen LogP contribution in [0.3, 0.4) is 0 Å². The summed E-state index contributed by atoms with van der Waals surface area (Å²) in [6, 6.07) is 5.79. The third-order valence-corrected chi connectivity index (χ3v) is 4.91. The maximum absolute atomic E-state index is 6.13. The molecule has 5 heteroatoms. The number of anilines is 1. The fraction of sp³-hybridized carbons (Fsp3) is 0.533. The molecule has 1 fully saturated rings. The predicted molar refractivity (Wildman–Crippen MR) is 84.0 cm³/mol. The van der Waals surface area contributed by atoms with Crippen molar-refractivity contribution in [1.29, 1.82) is 0 Å². The lowest BCUT2D eigenvalue weighted by molar-refractivity contribution is 0.136. The van der Waals surface area contributed by atoms with Crippen LogP contribution in [0.25, 0.3) is 11.0 Å². The van der Waals surface area contributed by atoms with E-state index >= 15 is 0 Å². The molecule has 0 aliphatic heterocycles. The van der Waals surface area contributed by atoms with Crippen molar-refractivity contribution >= 4 is 28.6 Å². The number of fused-ring (bicyclic) bond motifs is 1. The fourth-order valence-corrected chi connectivity index (χ4v) is 3.53. The second-order valence-corrected chi connectivity index (χ2v) is 6.45. The first-order chi connectivity index (χ1) is 9.52. The van der Waals surface area contributed by atoms with Crippen molar-refractivity contribution < 1.29 is 0 Å². The van der Waals surface area contributed by atoms with Crippen LogP contribution in [-0.2, 0) is 6.54 Å². The van der Waals surface area contributed by atoms with Gasteiger partial charge in [0.25, 0.3) is 0 Å². The monoisotopic (exact) mass is 292 g/mol. The number of aromatic nitrogens is 2. The Morgan fingerprint density at radius 3 is 2.70 bits per heavy atom. The SMILES string of the molecule is CN(C)C1(Cn2c(N)nc3cc(Cl)ccc32)CCCC1. The maximum Gasteiger partial charge on any atom is 0.201 e. The van der Waals surface area contributed by atoms with E-state index < -0.39 is 0 Å². The molecule has 20 heavy (non-hydrogen) atoms. The summed E-state index contributed by atoms with van der Waals surface area (Å²) >= 11 is 6.03. The summed E-state index contributed by atoms with van der Waals surface area (Å²) < 4.78 is 2.14. The van der Waals surface area contributed by atoms with E-state index in [0.29, 0.717) is 11.0 Å². The summed E-state index contributed by atoms with van der Waals surface area (Å²) in [5.74, 6) is 0.579. The van der Waals surface area contributed by atoms with E-state index in [1.54, 1.807) is 0 Å². The molecule has 1 aliphatic rings. The van der Waals surface area contributed by atoms with E-state index in [1.165, 1.54) is 25.7 Å². The second-order valence-electron chi connectivity index (χ2n) is 6.02. The molecular formula is C15H21ClN4. The van der Waals surface area contributed by atoms with E-state index in [1.807, 2.05) is 18.2 Å². The van der Waals surface area contributed by atoms with Crippen molar-refractivity contribution in [1.82, 2.24) is 14.5 Å². The quantitative estimate of drug-likeness (QED) is 0.945. The van der Waals surface area contributed by atoms with E-state index in [2.05, 4.69) is 28.5 Å². The van der Waals surface area contributed by atoms with Gasteiger partial charge in [-0.05, 0) is 45.1 Å². The number of rotatable bonds is 3. The van der Waals surface area contributed by atoms with Crippen molar-refractivity contribution in [3.63, 3.8) is 0 Å². The molecule has 4 nitrogen and oxygen atoms in total. The Bertz CT molecular complexity index is 626. The summed E-state index contributed by atoms with van der Waals surface area (Å²) in [6.07, 6.45) is 5.01. The zero-order valence-corrected chi connectivity index (χ0v) is 12.8. The largest absolute Gasteiger partial charge is 0.369 e. The van der Waals surface area contributed by atoms with Gasteiger partial charge in [0, 0.05) is 17.1 Å². The summed E-state index contributed by atoms with van der Waals surface area (Å²) in [4.78, 5) is 6.79. The predicted octanol–water partition coefficient (Wildman–Crippen LogP) is 3.15. The molecule has 1 heterocycles. The number of nitrogens with two attached hydrogens (primary N) is 1. The lowest BCUT2D eigenvalue weighted by Crippen LogP contribution is -2.45. The highest BCUT2D eigenvalue weighted by molar-refractivity contribution is 6.31. The van der Waals surface area contributed by atoms with Crippen LogP contribution >= 0.6 is 11.6 Å². The van der Waals surface area contributed by atoms with Crippen LogP contribution < -0.4 is 5.73 Å². The number of hydrogen-bond acceptors (Lipinski definition) is 3. The summed E-state index contributed by atoms with van der Waals surface area (Å²) in [5.41, 5.74) is 8.27. The summed E-state index contributed by atoms with van der Waals surface area (Å²) in [6.45, 7) is 0.893. The third-order valence-electron chi connectivity index (χ3n) is 4.68. The van der Waals surface area contributed by atoms with Crippen LogP contribution in [0.5, 0.6) is 0 Å². The summed E-state index contributed by atoms with van der Waals surface area (Å²) in [5, 5.41) is 0.699. The van der Waals surface area contributed by atoms with Gasteiger partial charge in [-0.15, -0.1) is 0 Å². The van der Waals surface area contributed by atoms with Gasteiger partial charge < -0.3 is 15.2 Å². The van der Waals surface area contributed by atoms with Crippen molar-refractivity contribution in [2.75, 3.05) is 19.8 Å². The number of halogens is 1. The topological polar surface area (TPSA) is 47.1 Å². The first kappa shape index (κ1) is 13.7. The van der Waals surface area contributed by atoms with Gasteiger partial charge in [0.2, 0.25) is 5.95 Å². The number of imidazole rings is 1. The molecule has 1 saturated carbocycles. The average molecular weight is 293 g/mol. The molecule has 1 aromatic carbocycles. The van der Waals surface area contributed by atoms with Gasteiger partial charge in [-0.25, -0.2) is 4.98 Å². The molecule has 2 aromatic rings. The Morgan fingerprint density at radius 2 is 2.05 bits per heavy atom. The van der Waals surface area contributed by atoms with Gasteiger partial charge >= 0.3 is 0 Å². The molecule has 1 aliphatic carbocycles. The summed E-state index contributed by atoms with van der Waals surface area (Å²) in [7, 11) is 4.33. The first-order valence-electron chi connectivity index (χ1n) is 7.11. The Labute approximate surface area is 124 Å². The standard InChI is InChI=1S/C15H21ClN4/c1-19(2)15(7-3-4-8-15)10-20-13-6-5-11(16)9-12(13)18-14(20)17/h5-6,9H,3-4,7-8,10H2,1-2H3,(H2,17,18). The molecule has 108 valence electrons. The van der Waals surface area contributed by atoms with Gasteiger partial charge in [-0.2, -0.15) is 0 Å². The maximum atomic E-state index is 6.13. The molecule has 0 bridgehead atoms. The minimum absolute atomic E-state index is 0.196. The highest BCUT2D eigenvalue weighted by Crippen LogP contribution is 2.36. The van der Waals surface area contributed by atoms with E-state index in [0.717, 1.165) is 17.6 Å². The van der Waals surface area contributed by atoms with Crippen LogP contribution in [0.1, 0.15) is 25.7 Å². The number of nitrogen functional groups attached to an aromatic ring is 1. The van der Waals surface area contributed by atoms with Crippen LogP contribution in [0.15, 0.2) is 18.2 Å². The van der Waals surface area contributed by atoms with Crippen LogP contribution in [0.2, 0.25) is 5.02 Å². The van der Waals surface area contributed by atoms with Crippen LogP contribution in [0.4, 0.5) is 5.95 Å². The van der Waals surface area contributed by atoms with Gasteiger partial charge in [0.1, 0.15) is 0 Å². The Balaban J connectivity index is 2.04. The first-order valence-corrected chi connectivity index (χ1v) is 7.48. The smallest absolute Gasteiger partial charge is 0.201 e. The minimum atomic E-state index is 0.196. The Hall–Kier alpha value is -1.26.